The van der Waals surface area contributed by atoms with Crippen LogP contribution < -0.4 is 10.6 Å². The number of nitrogens with one attached hydrogen (secondary N) is 2. The van der Waals surface area contributed by atoms with E-state index in [4.69, 9.17) is 4.74 Å². The number of pyridine rings is 1. The molecule has 1 saturated heterocycles. The zero-order valence-electron chi connectivity index (χ0n) is 9.79. The van der Waals surface area contributed by atoms with Crippen molar-refractivity contribution in [3.05, 3.63) is 22.9 Å². The van der Waals surface area contributed by atoms with Gasteiger partial charge in [0, 0.05) is 18.9 Å². The third-order valence-electron chi connectivity index (χ3n) is 2.83. The molecule has 0 aliphatic carbocycles. The van der Waals surface area contributed by atoms with E-state index in [1.807, 2.05) is 6.07 Å². The van der Waals surface area contributed by atoms with Gasteiger partial charge in [0.2, 0.25) is 0 Å². The Labute approximate surface area is 110 Å². The van der Waals surface area contributed by atoms with Crippen LogP contribution in [0, 0.1) is 0 Å². The Balaban J connectivity index is 1.64. The molecule has 0 atom stereocenters. The molecule has 0 unspecified atom stereocenters. The molecule has 0 spiro atoms. The second kappa shape index (κ2) is 6.93. The van der Waals surface area contributed by atoms with E-state index in [1.165, 1.54) is 0 Å². The molecule has 1 fully saturated rings. The molecule has 2 heterocycles. The third kappa shape index (κ3) is 4.26. The van der Waals surface area contributed by atoms with Crippen molar-refractivity contribution in [1.82, 2.24) is 10.3 Å². The maximum Gasteiger partial charge on any atom is 0.0642 e. The number of ether oxygens (including phenoxy) is 1. The Bertz CT molecular complexity index is 342. The molecule has 0 bridgehead atoms. The summed E-state index contributed by atoms with van der Waals surface area (Å²) in [5, 5.41) is 6.65. The van der Waals surface area contributed by atoms with Gasteiger partial charge in [-0.2, -0.15) is 0 Å². The summed E-state index contributed by atoms with van der Waals surface area (Å²) in [5.74, 6) is 0. The van der Waals surface area contributed by atoms with Crippen molar-refractivity contribution in [2.75, 3.05) is 31.6 Å². The summed E-state index contributed by atoms with van der Waals surface area (Å²) in [5.41, 5.74) is 1.06. The third-order valence-corrected chi connectivity index (χ3v) is 3.46. The summed E-state index contributed by atoms with van der Waals surface area (Å²) in [6, 6.07) is 1.95. The largest absolute Gasteiger partial charge is 0.382 e. The molecule has 2 rings (SSSR count). The van der Waals surface area contributed by atoms with Gasteiger partial charge in [-0.3, -0.25) is 4.98 Å². The topological polar surface area (TPSA) is 46.2 Å². The lowest BCUT2D eigenvalue weighted by Crippen LogP contribution is -2.33. The van der Waals surface area contributed by atoms with E-state index in [0.29, 0.717) is 6.10 Å². The number of rotatable bonds is 5. The van der Waals surface area contributed by atoms with Gasteiger partial charge in [0.1, 0.15) is 0 Å². The molecule has 5 heteroatoms. The van der Waals surface area contributed by atoms with Crippen LogP contribution in [0.4, 0.5) is 5.69 Å². The Morgan fingerprint density at radius 2 is 2.29 bits per heavy atom. The number of aromatic nitrogens is 1. The van der Waals surface area contributed by atoms with Crippen molar-refractivity contribution in [2.24, 2.45) is 0 Å². The molecule has 0 radical (unpaired) electrons. The molecule has 1 aromatic heterocycles. The maximum atomic E-state index is 5.81. The first-order chi connectivity index (χ1) is 8.36. The highest BCUT2D eigenvalue weighted by Crippen LogP contribution is 2.19. The SMILES string of the molecule is Brc1cnccc1NCCOC1CCNCC1. The second-order valence-electron chi connectivity index (χ2n) is 4.10. The Morgan fingerprint density at radius 1 is 1.47 bits per heavy atom. The highest BCUT2D eigenvalue weighted by molar-refractivity contribution is 9.10. The van der Waals surface area contributed by atoms with Crippen LogP contribution in [0.1, 0.15) is 12.8 Å². The minimum atomic E-state index is 0.430. The van der Waals surface area contributed by atoms with Gasteiger partial charge in [0.15, 0.2) is 0 Å². The first kappa shape index (κ1) is 12.8. The normalized spacial score (nSPS) is 17.0. The van der Waals surface area contributed by atoms with E-state index >= 15 is 0 Å². The Morgan fingerprint density at radius 3 is 3.06 bits per heavy atom. The van der Waals surface area contributed by atoms with Crippen molar-refractivity contribution in [1.29, 1.82) is 0 Å². The number of anilines is 1. The molecule has 17 heavy (non-hydrogen) atoms. The van der Waals surface area contributed by atoms with Crippen molar-refractivity contribution < 1.29 is 4.74 Å². The summed E-state index contributed by atoms with van der Waals surface area (Å²) in [4.78, 5) is 4.02. The zero-order valence-corrected chi connectivity index (χ0v) is 11.4. The fourth-order valence-corrected chi connectivity index (χ4v) is 2.28. The number of halogens is 1. The minimum Gasteiger partial charge on any atom is -0.382 e. The predicted octanol–water partition coefficient (Wildman–Crippen LogP) is 2.02. The molecule has 4 nitrogen and oxygen atoms in total. The van der Waals surface area contributed by atoms with Gasteiger partial charge < -0.3 is 15.4 Å². The predicted molar refractivity (Wildman–Crippen MR) is 72.3 cm³/mol. The van der Waals surface area contributed by atoms with E-state index in [0.717, 1.165) is 49.2 Å². The molecule has 1 aliphatic heterocycles. The van der Waals surface area contributed by atoms with Crippen LogP contribution in [0.2, 0.25) is 0 Å². The molecule has 1 aliphatic rings. The molecule has 2 N–H and O–H groups in total. The van der Waals surface area contributed by atoms with Gasteiger partial charge in [0.05, 0.1) is 22.9 Å². The summed E-state index contributed by atoms with van der Waals surface area (Å²) >= 11 is 3.45. The van der Waals surface area contributed by atoms with Crippen molar-refractivity contribution >= 4 is 21.6 Å². The first-order valence-corrected chi connectivity index (χ1v) is 6.81. The average Bonchev–Trinajstić information content (AvgIpc) is 2.38. The average molecular weight is 300 g/mol. The summed E-state index contributed by atoms with van der Waals surface area (Å²) in [6.07, 6.45) is 6.24. The fraction of sp³-hybridized carbons (Fsp3) is 0.583. The lowest BCUT2D eigenvalue weighted by atomic mass is 10.1. The number of hydrogen-bond acceptors (Lipinski definition) is 4. The van der Waals surface area contributed by atoms with Crippen LogP contribution in [-0.2, 0) is 4.74 Å². The van der Waals surface area contributed by atoms with E-state index in [-0.39, 0.29) is 0 Å². The maximum absolute atomic E-state index is 5.81. The molecule has 0 aromatic carbocycles. The molecule has 0 amide bonds. The number of hydrogen-bond donors (Lipinski definition) is 2. The summed E-state index contributed by atoms with van der Waals surface area (Å²) < 4.78 is 6.80. The van der Waals surface area contributed by atoms with Gasteiger partial charge >= 0.3 is 0 Å². The first-order valence-electron chi connectivity index (χ1n) is 6.02. The van der Waals surface area contributed by atoms with E-state index in [1.54, 1.807) is 12.4 Å². The molecular weight excluding hydrogens is 282 g/mol. The summed E-state index contributed by atoms with van der Waals surface area (Å²) in [6.45, 7) is 3.73. The molecule has 0 saturated carbocycles. The van der Waals surface area contributed by atoms with Gasteiger partial charge in [-0.1, -0.05) is 0 Å². The van der Waals surface area contributed by atoms with Crippen molar-refractivity contribution in [2.45, 2.75) is 18.9 Å². The van der Waals surface area contributed by atoms with E-state index < -0.39 is 0 Å². The lowest BCUT2D eigenvalue weighted by molar-refractivity contribution is 0.0394. The van der Waals surface area contributed by atoms with E-state index in [9.17, 15) is 0 Å². The zero-order chi connectivity index (χ0) is 11.9. The molecule has 94 valence electrons. The number of piperidine rings is 1. The van der Waals surface area contributed by atoms with Crippen LogP contribution >= 0.6 is 15.9 Å². The van der Waals surface area contributed by atoms with Gasteiger partial charge in [0.25, 0.3) is 0 Å². The van der Waals surface area contributed by atoms with E-state index in [2.05, 4.69) is 31.5 Å². The Kier molecular flexibility index (Phi) is 5.22. The number of nitrogens with zero attached hydrogens (tertiary/aromatic N) is 1. The quantitative estimate of drug-likeness (QED) is 0.817. The van der Waals surface area contributed by atoms with Gasteiger partial charge in [-0.25, -0.2) is 0 Å². The smallest absolute Gasteiger partial charge is 0.0642 e. The monoisotopic (exact) mass is 299 g/mol. The standard InChI is InChI=1S/C12H18BrN3O/c13-11-9-15-6-3-12(11)16-7-8-17-10-1-4-14-5-2-10/h3,6,9-10,14H,1-2,4-5,7-8H2,(H,15,16). The second-order valence-corrected chi connectivity index (χ2v) is 4.96. The lowest BCUT2D eigenvalue weighted by Gasteiger charge is -2.23. The van der Waals surface area contributed by atoms with Gasteiger partial charge in [-0.05, 0) is 47.9 Å². The highest BCUT2D eigenvalue weighted by atomic mass is 79.9. The van der Waals surface area contributed by atoms with Crippen LogP contribution in [-0.4, -0.2) is 37.3 Å². The van der Waals surface area contributed by atoms with Crippen molar-refractivity contribution in [3.8, 4) is 0 Å². The minimum absolute atomic E-state index is 0.430. The van der Waals surface area contributed by atoms with Crippen LogP contribution in [0.15, 0.2) is 22.9 Å². The van der Waals surface area contributed by atoms with Crippen LogP contribution in [0.3, 0.4) is 0 Å². The van der Waals surface area contributed by atoms with Gasteiger partial charge in [-0.15, -0.1) is 0 Å². The summed E-state index contributed by atoms with van der Waals surface area (Å²) in [7, 11) is 0. The molecule has 1 aromatic rings. The van der Waals surface area contributed by atoms with Crippen molar-refractivity contribution in [3.63, 3.8) is 0 Å². The van der Waals surface area contributed by atoms with Crippen LogP contribution in [0.25, 0.3) is 0 Å². The fourth-order valence-electron chi connectivity index (χ4n) is 1.89. The highest BCUT2D eigenvalue weighted by Gasteiger charge is 2.12. The Hall–Kier alpha value is -0.650. The van der Waals surface area contributed by atoms with Crippen LogP contribution in [0.5, 0.6) is 0 Å². The molecular formula is C12H18BrN3O.